The SMILES string of the molecule is CCc1ccc(NC(=O)c2ccc(Br)cn2)cc1N. The average molecular weight is 320 g/mol. The predicted molar refractivity (Wildman–Crippen MR) is 80.1 cm³/mol. The van der Waals surface area contributed by atoms with Crippen LogP contribution in [-0.2, 0) is 6.42 Å². The van der Waals surface area contributed by atoms with E-state index in [-0.39, 0.29) is 5.91 Å². The molecule has 0 spiro atoms. The van der Waals surface area contributed by atoms with E-state index in [1.807, 2.05) is 19.1 Å². The summed E-state index contributed by atoms with van der Waals surface area (Å²) in [6.07, 6.45) is 2.46. The largest absolute Gasteiger partial charge is 0.398 e. The quantitative estimate of drug-likeness (QED) is 0.853. The molecule has 4 nitrogen and oxygen atoms in total. The van der Waals surface area contributed by atoms with E-state index in [0.29, 0.717) is 17.1 Å². The minimum Gasteiger partial charge on any atom is -0.398 e. The van der Waals surface area contributed by atoms with Crippen LogP contribution in [0.2, 0.25) is 0 Å². The molecule has 0 fully saturated rings. The van der Waals surface area contributed by atoms with Crippen LogP contribution in [0.15, 0.2) is 41.0 Å². The van der Waals surface area contributed by atoms with E-state index >= 15 is 0 Å². The molecule has 98 valence electrons. The highest BCUT2D eigenvalue weighted by atomic mass is 79.9. The molecule has 0 aliphatic rings. The summed E-state index contributed by atoms with van der Waals surface area (Å²) in [6, 6.07) is 8.95. The van der Waals surface area contributed by atoms with Crippen molar-refractivity contribution < 1.29 is 4.79 Å². The molecule has 1 aromatic heterocycles. The van der Waals surface area contributed by atoms with Crippen molar-refractivity contribution in [2.24, 2.45) is 0 Å². The number of nitrogen functional groups attached to an aromatic ring is 1. The molecule has 1 amide bonds. The predicted octanol–water partition coefficient (Wildman–Crippen LogP) is 3.24. The van der Waals surface area contributed by atoms with E-state index in [4.69, 9.17) is 5.73 Å². The number of hydrogen-bond donors (Lipinski definition) is 2. The van der Waals surface area contributed by atoms with E-state index in [2.05, 4.69) is 26.2 Å². The number of anilines is 2. The van der Waals surface area contributed by atoms with E-state index in [1.54, 1.807) is 24.4 Å². The first kappa shape index (κ1) is 13.5. The number of carbonyl (C=O) groups excluding carboxylic acids is 1. The lowest BCUT2D eigenvalue weighted by Crippen LogP contribution is -2.13. The van der Waals surface area contributed by atoms with Crippen LogP contribution in [0, 0.1) is 0 Å². The van der Waals surface area contributed by atoms with Crippen LogP contribution in [0.1, 0.15) is 23.0 Å². The third-order valence-electron chi connectivity index (χ3n) is 2.74. The molecule has 0 aliphatic carbocycles. The third-order valence-corrected chi connectivity index (χ3v) is 3.21. The summed E-state index contributed by atoms with van der Waals surface area (Å²) < 4.78 is 0.834. The molecule has 5 heteroatoms. The van der Waals surface area contributed by atoms with Crippen molar-refractivity contribution in [3.8, 4) is 0 Å². The number of nitrogens with zero attached hydrogens (tertiary/aromatic N) is 1. The Morgan fingerprint density at radius 3 is 2.74 bits per heavy atom. The van der Waals surface area contributed by atoms with Crippen LogP contribution in [0.25, 0.3) is 0 Å². The minimum absolute atomic E-state index is 0.254. The zero-order valence-corrected chi connectivity index (χ0v) is 12.1. The lowest BCUT2D eigenvalue weighted by molar-refractivity contribution is 0.102. The van der Waals surface area contributed by atoms with Crippen molar-refractivity contribution in [3.05, 3.63) is 52.3 Å². The molecule has 2 rings (SSSR count). The lowest BCUT2D eigenvalue weighted by Gasteiger charge is -2.08. The zero-order chi connectivity index (χ0) is 13.8. The van der Waals surface area contributed by atoms with Gasteiger partial charge in [0.2, 0.25) is 0 Å². The summed E-state index contributed by atoms with van der Waals surface area (Å²) >= 11 is 3.28. The van der Waals surface area contributed by atoms with Crippen LogP contribution in [-0.4, -0.2) is 10.9 Å². The molecule has 0 radical (unpaired) electrons. The molecule has 0 atom stereocenters. The number of carbonyl (C=O) groups is 1. The maximum atomic E-state index is 12.0. The van der Waals surface area contributed by atoms with Crippen molar-refractivity contribution in [2.45, 2.75) is 13.3 Å². The van der Waals surface area contributed by atoms with E-state index in [1.165, 1.54) is 0 Å². The fourth-order valence-corrected chi connectivity index (χ4v) is 1.93. The highest BCUT2D eigenvalue weighted by Gasteiger charge is 2.08. The van der Waals surface area contributed by atoms with Crippen molar-refractivity contribution in [1.29, 1.82) is 0 Å². The number of aromatic nitrogens is 1. The van der Waals surface area contributed by atoms with Gasteiger partial charge < -0.3 is 11.1 Å². The van der Waals surface area contributed by atoms with E-state index in [9.17, 15) is 4.79 Å². The molecule has 19 heavy (non-hydrogen) atoms. The Kier molecular flexibility index (Phi) is 4.16. The second-order valence-electron chi connectivity index (χ2n) is 4.08. The molecule has 1 aromatic carbocycles. The summed E-state index contributed by atoms with van der Waals surface area (Å²) in [6.45, 7) is 2.04. The number of hydrogen-bond acceptors (Lipinski definition) is 3. The second-order valence-corrected chi connectivity index (χ2v) is 5.00. The van der Waals surface area contributed by atoms with Gasteiger partial charge in [0, 0.05) is 22.0 Å². The summed E-state index contributed by atoms with van der Waals surface area (Å²) in [5, 5.41) is 2.77. The van der Waals surface area contributed by atoms with Gasteiger partial charge >= 0.3 is 0 Å². The van der Waals surface area contributed by atoms with Gasteiger partial charge in [-0.05, 0) is 52.2 Å². The Bertz CT molecular complexity index is 596. The highest BCUT2D eigenvalue weighted by Crippen LogP contribution is 2.19. The first-order valence-electron chi connectivity index (χ1n) is 5.91. The molecule has 1 heterocycles. The van der Waals surface area contributed by atoms with Gasteiger partial charge in [0.05, 0.1) is 0 Å². The molecule has 0 bridgehead atoms. The number of pyridine rings is 1. The van der Waals surface area contributed by atoms with Crippen LogP contribution in [0.4, 0.5) is 11.4 Å². The fourth-order valence-electron chi connectivity index (χ4n) is 1.70. The maximum Gasteiger partial charge on any atom is 0.274 e. The van der Waals surface area contributed by atoms with Gasteiger partial charge in [-0.1, -0.05) is 13.0 Å². The zero-order valence-electron chi connectivity index (χ0n) is 10.5. The Morgan fingerprint density at radius 1 is 1.37 bits per heavy atom. The number of halogens is 1. The van der Waals surface area contributed by atoms with Gasteiger partial charge in [-0.2, -0.15) is 0 Å². The van der Waals surface area contributed by atoms with Crippen molar-refractivity contribution in [1.82, 2.24) is 4.98 Å². The molecule has 2 aromatic rings. The number of nitrogens with one attached hydrogen (secondary N) is 1. The van der Waals surface area contributed by atoms with Gasteiger partial charge in [0.15, 0.2) is 0 Å². The van der Waals surface area contributed by atoms with Crippen molar-refractivity contribution >= 4 is 33.2 Å². The number of amides is 1. The Hall–Kier alpha value is -1.88. The Morgan fingerprint density at radius 2 is 2.16 bits per heavy atom. The lowest BCUT2D eigenvalue weighted by atomic mass is 10.1. The number of aryl methyl sites for hydroxylation is 1. The van der Waals surface area contributed by atoms with Crippen LogP contribution < -0.4 is 11.1 Å². The van der Waals surface area contributed by atoms with Crippen LogP contribution >= 0.6 is 15.9 Å². The number of nitrogens with two attached hydrogens (primary N) is 1. The van der Waals surface area contributed by atoms with Crippen LogP contribution in [0.3, 0.4) is 0 Å². The summed E-state index contributed by atoms with van der Waals surface area (Å²) in [4.78, 5) is 16.0. The molecule has 0 aliphatic heterocycles. The summed E-state index contributed by atoms with van der Waals surface area (Å²) in [5.74, 6) is -0.254. The second kappa shape index (κ2) is 5.84. The Balaban J connectivity index is 2.14. The van der Waals surface area contributed by atoms with Gasteiger partial charge in [-0.15, -0.1) is 0 Å². The standard InChI is InChI=1S/C14H14BrN3O/c1-2-9-3-5-11(7-12(9)16)18-14(19)13-6-4-10(15)8-17-13/h3-8H,2,16H2,1H3,(H,18,19). The Labute approximate surface area is 120 Å². The molecular formula is C14H14BrN3O. The number of rotatable bonds is 3. The molecule has 0 saturated carbocycles. The topological polar surface area (TPSA) is 68.0 Å². The first-order chi connectivity index (χ1) is 9.10. The normalized spacial score (nSPS) is 10.2. The van der Waals surface area contributed by atoms with Gasteiger partial charge in [0.1, 0.15) is 5.69 Å². The minimum atomic E-state index is -0.254. The summed E-state index contributed by atoms with van der Waals surface area (Å²) in [7, 11) is 0. The van der Waals surface area contributed by atoms with E-state index < -0.39 is 0 Å². The first-order valence-corrected chi connectivity index (χ1v) is 6.70. The molecule has 0 saturated heterocycles. The van der Waals surface area contributed by atoms with Gasteiger partial charge in [-0.3, -0.25) is 4.79 Å². The molecular weight excluding hydrogens is 306 g/mol. The summed E-state index contributed by atoms with van der Waals surface area (Å²) in [5.41, 5.74) is 8.68. The fraction of sp³-hybridized carbons (Fsp3) is 0.143. The van der Waals surface area contributed by atoms with Crippen molar-refractivity contribution in [2.75, 3.05) is 11.1 Å². The number of benzene rings is 1. The monoisotopic (exact) mass is 319 g/mol. The maximum absolute atomic E-state index is 12.0. The highest BCUT2D eigenvalue weighted by molar-refractivity contribution is 9.10. The van der Waals surface area contributed by atoms with Gasteiger partial charge in [-0.25, -0.2) is 4.98 Å². The van der Waals surface area contributed by atoms with Gasteiger partial charge in [0.25, 0.3) is 5.91 Å². The third kappa shape index (κ3) is 3.32. The van der Waals surface area contributed by atoms with E-state index in [0.717, 1.165) is 16.5 Å². The van der Waals surface area contributed by atoms with Crippen molar-refractivity contribution in [3.63, 3.8) is 0 Å². The molecule has 0 unspecified atom stereocenters. The van der Waals surface area contributed by atoms with Crippen LogP contribution in [0.5, 0.6) is 0 Å². The molecule has 3 N–H and O–H groups in total. The average Bonchev–Trinajstić information content (AvgIpc) is 2.39. The smallest absolute Gasteiger partial charge is 0.274 e.